The summed E-state index contributed by atoms with van der Waals surface area (Å²) in [5.74, 6) is 0.679. The molecule has 2 aliphatic rings. The van der Waals surface area contributed by atoms with Crippen LogP contribution in [0.15, 0.2) is 12.2 Å². The highest BCUT2D eigenvalue weighted by Crippen LogP contribution is 2.58. The van der Waals surface area contributed by atoms with Gasteiger partial charge in [-0.15, -0.1) is 0 Å². The topological polar surface area (TPSA) is 20.2 Å². The van der Waals surface area contributed by atoms with E-state index in [2.05, 4.69) is 19.1 Å². The van der Waals surface area contributed by atoms with Crippen molar-refractivity contribution >= 4 is 0 Å². The second kappa shape index (κ2) is 4.69. The molecule has 0 bridgehead atoms. The number of hydrogen-bond acceptors (Lipinski definition) is 1. The maximum atomic E-state index is 10.3. The first kappa shape index (κ1) is 11.2. The first-order chi connectivity index (χ1) is 7.29. The molecule has 0 aromatic heterocycles. The van der Waals surface area contributed by atoms with E-state index in [1.165, 1.54) is 44.9 Å². The summed E-state index contributed by atoms with van der Waals surface area (Å²) in [5, 5.41) is 10.3. The van der Waals surface area contributed by atoms with Gasteiger partial charge < -0.3 is 5.11 Å². The van der Waals surface area contributed by atoms with Gasteiger partial charge in [0.05, 0.1) is 6.10 Å². The highest BCUT2D eigenvalue weighted by Gasteiger charge is 2.52. The average Bonchev–Trinajstić information content (AvgIpc) is 3.08. The summed E-state index contributed by atoms with van der Waals surface area (Å²) in [6.07, 6.45) is 14.5. The van der Waals surface area contributed by atoms with Crippen molar-refractivity contribution in [1.29, 1.82) is 0 Å². The van der Waals surface area contributed by atoms with Gasteiger partial charge in [-0.05, 0) is 44.4 Å². The lowest BCUT2D eigenvalue weighted by Gasteiger charge is -2.31. The molecule has 0 spiro atoms. The van der Waals surface area contributed by atoms with E-state index in [9.17, 15) is 5.11 Å². The quantitative estimate of drug-likeness (QED) is 0.683. The number of unbranched alkanes of at least 4 members (excludes halogenated alkanes) is 1. The maximum absolute atomic E-state index is 10.3. The number of aliphatic hydroxyl groups is 1. The Labute approximate surface area is 93.6 Å². The van der Waals surface area contributed by atoms with Crippen molar-refractivity contribution < 1.29 is 5.11 Å². The normalized spacial score (nSPS) is 30.1. The van der Waals surface area contributed by atoms with Crippen LogP contribution >= 0.6 is 0 Å². The molecule has 0 radical (unpaired) electrons. The maximum Gasteiger partial charge on any atom is 0.0602 e. The van der Waals surface area contributed by atoms with Crippen LogP contribution in [0.1, 0.15) is 58.3 Å². The number of aliphatic hydroxyl groups excluding tert-OH is 1. The van der Waals surface area contributed by atoms with Crippen LogP contribution in [0.4, 0.5) is 0 Å². The molecule has 15 heavy (non-hydrogen) atoms. The molecule has 0 aromatic carbocycles. The smallest absolute Gasteiger partial charge is 0.0602 e. The van der Waals surface area contributed by atoms with Crippen LogP contribution in [-0.4, -0.2) is 11.2 Å². The molecule has 2 atom stereocenters. The zero-order valence-corrected chi connectivity index (χ0v) is 9.91. The van der Waals surface area contributed by atoms with E-state index in [4.69, 9.17) is 0 Å². The Morgan fingerprint density at radius 1 is 1.47 bits per heavy atom. The van der Waals surface area contributed by atoms with Gasteiger partial charge in [-0.3, -0.25) is 0 Å². The first-order valence-corrected chi connectivity index (χ1v) is 6.64. The molecular weight excluding hydrogens is 184 g/mol. The summed E-state index contributed by atoms with van der Waals surface area (Å²) in [4.78, 5) is 0. The highest BCUT2D eigenvalue weighted by molar-refractivity contribution is 5.11. The van der Waals surface area contributed by atoms with Gasteiger partial charge in [-0.1, -0.05) is 31.9 Å². The van der Waals surface area contributed by atoms with Crippen molar-refractivity contribution in [2.24, 2.45) is 11.3 Å². The Kier molecular flexibility index (Phi) is 3.50. The van der Waals surface area contributed by atoms with Gasteiger partial charge in [-0.2, -0.15) is 0 Å². The number of rotatable bonds is 5. The third kappa shape index (κ3) is 2.28. The van der Waals surface area contributed by atoms with Gasteiger partial charge in [0.15, 0.2) is 0 Å². The van der Waals surface area contributed by atoms with Crippen LogP contribution in [0.5, 0.6) is 0 Å². The van der Waals surface area contributed by atoms with Gasteiger partial charge in [-0.25, -0.2) is 0 Å². The molecule has 1 saturated carbocycles. The summed E-state index contributed by atoms with van der Waals surface area (Å²) in [7, 11) is 0. The van der Waals surface area contributed by atoms with Gasteiger partial charge in [0.25, 0.3) is 0 Å². The molecule has 2 rings (SSSR count). The Morgan fingerprint density at radius 3 is 2.80 bits per heavy atom. The largest absolute Gasteiger partial charge is 0.393 e. The molecule has 0 aromatic rings. The molecule has 1 heteroatoms. The van der Waals surface area contributed by atoms with E-state index in [1.807, 2.05) is 0 Å². The lowest BCUT2D eigenvalue weighted by Crippen LogP contribution is -2.29. The Morgan fingerprint density at radius 2 is 2.27 bits per heavy atom. The van der Waals surface area contributed by atoms with Gasteiger partial charge >= 0.3 is 0 Å². The fraction of sp³-hybridized carbons (Fsp3) is 0.857. The lowest BCUT2D eigenvalue weighted by molar-refractivity contribution is 0.0537. The van der Waals surface area contributed by atoms with E-state index < -0.39 is 0 Å². The third-order valence-corrected chi connectivity index (χ3v) is 4.31. The summed E-state index contributed by atoms with van der Waals surface area (Å²) < 4.78 is 0. The van der Waals surface area contributed by atoms with Crippen LogP contribution < -0.4 is 0 Å². The molecule has 0 heterocycles. The van der Waals surface area contributed by atoms with E-state index in [-0.39, 0.29) is 6.10 Å². The van der Waals surface area contributed by atoms with Crippen molar-refractivity contribution in [2.45, 2.75) is 64.4 Å². The van der Waals surface area contributed by atoms with Crippen LogP contribution in [0.3, 0.4) is 0 Å². The Balaban J connectivity index is 1.93. The SMILES string of the molecule is CCCCC(O)C1(C2C=CCCC2)CC1. The van der Waals surface area contributed by atoms with E-state index in [1.54, 1.807) is 0 Å². The molecule has 2 unspecified atom stereocenters. The minimum Gasteiger partial charge on any atom is -0.393 e. The Hall–Kier alpha value is -0.300. The van der Waals surface area contributed by atoms with Gasteiger partial charge in [0, 0.05) is 5.41 Å². The molecular formula is C14H24O. The van der Waals surface area contributed by atoms with Crippen LogP contribution in [0, 0.1) is 11.3 Å². The standard InChI is InChI=1S/C14H24O/c1-2-3-9-13(15)14(10-11-14)12-7-5-4-6-8-12/h5,7,12-13,15H,2-4,6,8-11H2,1H3. The van der Waals surface area contributed by atoms with Crippen molar-refractivity contribution in [1.82, 2.24) is 0 Å². The van der Waals surface area contributed by atoms with Gasteiger partial charge in [0.2, 0.25) is 0 Å². The Bertz CT molecular complexity index is 227. The summed E-state index contributed by atoms with van der Waals surface area (Å²) in [6, 6.07) is 0. The summed E-state index contributed by atoms with van der Waals surface area (Å²) >= 11 is 0. The molecule has 0 saturated heterocycles. The molecule has 86 valence electrons. The van der Waals surface area contributed by atoms with Gasteiger partial charge in [0.1, 0.15) is 0 Å². The zero-order chi connectivity index (χ0) is 10.7. The monoisotopic (exact) mass is 208 g/mol. The highest BCUT2D eigenvalue weighted by atomic mass is 16.3. The predicted octanol–water partition coefficient (Wildman–Crippen LogP) is 3.67. The van der Waals surface area contributed by atoms with Crippen molar-refractivity contribution in [3.8, 4) is 0 Å². The van der Waals surface area contributed by atoms with Crippen LogP contribution in [-0.2, 0) is 0 Å². The van der Waals surface area contributed by atoms with Crippen molar-refractivity contribution in [3.05, 3.63) is 12.2 Å². The molecule has 1 nitrogen and oxygen atoms in total. The molecule has 2 aliphatic carbocycles. The van der Waals surface area contributed by atoms with Crippen molar-refractivity contribution in [2.75, 3.05) is 0 Å². The van der Waals surface area contributed by atoms with E-state index in [0.717, 1.165) is 6.42 Å². The minimum absolute atomic E-state index is 0.0369. The fourth-order valence-electron chi connectivity index (χ4n) is 3.07. The number of hydrogen-bond donors (Lipinski definition) is 1. The third-order valence-electron chi connectivity index (χ3n) is 4.31. The van der Waals surface area contributed by atoms with E-state index >= 15 is 0 Å². The zero-order valence-electron chi connectivity index (χ0n) is 9.91. The average molecular weight is 208 g/mol. The summed E-state index contributed by atoms with van der Waals surface area (Å²) in [5.41, 5.74) is 0.298. The van der Waals surface area contributed by atoms with Crippen LogP contribution in [0.25, 0.3) is 0 Å². The molecule has 0 aliphatic heterocycles. The minimum atomic E-state index is -0.0369. The van der Waals surface area contributed by atoms with Crippen molar-refractivity contribution in [3.63, 3.8) is 0 Å². The molecule has 0 amide bonds. The second-order valence-corrected chi connectivity index (χ2v) is 5.36. The predicted molar refractivity (Wildman–Crippen MR) is 63.7 cm³/mol. The first-order valence-electron chi connectivity index (χ1n) is 6.64. The lowest BCUT2D eigenvalue weighted by atomic mass is 9.77. The molecule has 1 fully saturated rings. The van der Waals surface area contributed by atoms with E-state index in [0.29, 0.717) is 11.3 Å². The summed E-state index contributed by atoms with van der Waals surface area (Å²) in [6.45, 7) is 2.20. The number of allylic oxidation sites excluding steroid dienone is 2. The fourth-order valence-corrected chi connectivity index (χ4v) is 3.07. The molecule has 1 N–H and O–H groups in total. The second-order valence-electron chi connectivity index (χ2n) is 5.36. The van der Waals surface area contributed by atoms with Crippen LogP contribution in [0.2, 0.25) is 0 Å².